The van der Waals surface area contributed by atoms with Gasteiger partial charge in [0.25, 0.3) is 5.78 Å². The Morgan fingerprint density at radius 2 is 2.05 bits per heavy atom. The van der Waals surface area contributed by atoms with Crippen molar-refractivity contribution in [3.8, 4) is 0 Å². The van der Waals surface area contributed by atoms with Crippen LogP contribution >= 0.6 is 11.8 Å². The van der Waals surface area contributed by atoms with E-state index < -0.39 is 0 Å². The van der Waals surface area contributed by atoms with Crippen molar-refractivity contribution in [1.29, 1.82) is 0 Å². The molecular formula is C13H15N7S. The van der Waals surface area contributed by atoms with Gasteiger partial charge in [-0.15, -0.1) is 5.10 Å². The van der Waals surface area contributed by atoms with Gasteiger partial charge in [-0.2, -0.15) is 4.98 Å². The number of nitrogen functional groups attached to an aromatic ring is 1. The van der Waals surface area contributed by atoms with Gasteiger partial charge >= 0.3 is 0 Å². The number of rotatable bonds is 3. The third kappa shape index (κ3) is 2.80. The van der Waals surface area contributed by atoms with Gasteiger partial charge in [0.1, 0.15) is 11.6 Å². The number of aromatic nitrogens is 6. The maximum atomic E-state index is 5.68. The molecule has 0 aromatic carbocycles. The lowest BCUT2D eigenvalue weighted by molar-refractivity contribution is 0.837. The summed E-state index contributed by atoms with van der Waals surface area (Å²) in [5, 5.41) is 5.12. The number of aryl methyl sites for hydroxylation is 2. The lowest BCUT2D eigenvalue weighted by atomic mass is 10.4. The minimum Gasteiger partial charge on any atom is -0.384 e. The lowest BCUT2D eigenvalue weighted by Crippen LogP contribution is -2.01. The number of hydrogen-bond donors (Lipinski definition) is 1. The van der Waals surface area contributed by atoms with E-state index in [-0.39, 0.29) is 5.25 Å². The molecule has 0 spiro atoms. The molecule has 0 aliphatic heterocycles. The van der Waals surface area contributed by atoms with E-state index in [1.165, 1.54) is 11.8 Å². The van der Waals surface area contributed by atoms with Gasteiger partial charge in [-0.25, -0.2) is 19.5 Å². The first kappa shape index (κ1) is 13.7. The van der Waals surface area contributed by atoms with Crippen LogP contribution in [-0.2, 0) is 0 Å². The second-order valence-corrected chi connectivity index (χ2v) is 6.05. The summed E-state index contributed by atoms with van der Waals surface area (Å²) in [4.78, 5) is 17.3. The fraction of sp³-hybridized carbons (Fsp3) is 0.308. The van der Waals surface area contributed by atoms with Crippen LogP contribution in [0.25, 0.3) is 5.78 Å². The molecule has 108 valence electrons. The fourth-order valence-corrected chi connectivity index (χ4v) is 2.79. The summed E-state index contributed by atoms with van der Waals surface area (Å²) >= 11 is 1.48. The van der Waals surface area contributed by atoms with Gasteiger partial charge in [0.05, 0.1) is 5.25 Å². The van der Waals surface area contributed by atoms with Crippen molar-refractivity contribution in [1.82, 2.24) is 29.5 Å². The van der Waals surface area contributed by atoms with Crippen LogP contribution in [0.2, 0.25) is 0 Å². The van der Waals surface area contributed by atoms with Gasteiger partial charge in [-0.1, -0.05) is 11.8 Å². The summed E-state index contributed by atoms with van der Waals surface area (Å²) in [7, 11) is 0. The maximum absolute atomic E-state index is 5.68. The van der Waals surface area contributed by atoms with Gasteiger partial charge in [0.2, 0.25) is 5.16 Å². The van der Waals surface area contributed by atoms with Crippen LogP contribution in [-0.4, -0.2) is 29.5 Å². The van der Waals surface area contributed by atoms with Crippen LogP contribution in [0.3, 0.4) is 0 Å². The van der Waals surface area contributed by atoms with Crippen LogP contribution in [0.1, 0.15) is 29.4 Å². The topological polar surface area (TPSA) is 94.9 Å². The normalized spacial score (nSPS) is 12.7. The Morgan fingerprint density at radius 1 is 1.24 bits per heavy atom. The standard InChI is InChI=1S/C13H15N7S/c1-7-6-8(2)20-12(16-7)18-13(19-20)21-9(3)11-15-5-4-10(14)17-11/h4-6,9H,1-3H3,(H2,14,15,17)/t9-/m0/s1. The Hall–Kier alpha value is -2.22. The zero-order valence-corrected chi connectivity index (χ0v) is 12.8. The second-order valence-electron chi connectivity index (χ2n) is 4.74. The molecule has 7 nitrogen and oxygen atoms in total. The monoisotopic (exact) mass is 301 g/mol. The highest BCUT2D eigenvalue weighted by Crippen LogP contribution is 2.31. The van der Waals surface area contributed by atoms with Crippen molar-refractivity contribution in [2.45, 2.75) is 31.2 Å². The highest BCUT2D eigenvalue weighted by Gasteiger charge is 2.15. The van der Waals surface area contributed by atoms with E-state index in [0.29, 0.717) is 22.6 Å². The van der Waals surface area contributed by atoms with Crippen LogP contribution in [0.5, 0.6) is 0 Å². The number of nitrogens with two attached hydrogens (primary N) is 1. The molecule has 2 N–H and O–H groups in total. The van der Waals surface area contributed by atoms with Crippen molar-refractivity contribution in [3.05, 3.63) is 35.5 Å². The summed E-state index contributed by atoms with van der Waals surface area (Å²) in [6.07, 6.45) is 1.65. The molecule has 0 bridgehead atoms. The van der Waals surface area contributed by atoms with E-state index in [9.17, 15) is 0 Å². The molecule has 8 heteroatoms. The van der Waals surface area contributed by atoms with Gasteiger partial charge in [-0.05, 0) is 32.9 Å². The summed E-state index contributed by atoms with van der Waals surface area (Å²) < 4.78 is 1.74. The van der Waals surface area contributed by atoms with Crippen molar-refractivity contribution < 1.29 is 0 Å². The summed E-state index contributed by atoms with van der Waals surface area (Å²) in [5.74, 6) is 1.74. The Balaban J connectivity index is 1.89. The average molecular weight is 301 g/mol. The van der Waals surface area contributed by atoms with Crippen molar-refractivity contribution in [2.75, 3.05) is 5.73 Å². The molecule has 0 radical (unpaired) electrons. The van der Waals surface area contributed by atoms with Crippen molar-refractivity contribution in [3.63, 3.8) is 0 Å². The van der Waals surface area contributed by atoms with Gasteiger partial charge in [0, 0.05) is 17.6 Å². The van der Waals surface area contributed by atoms with E-state index in [1.54, 1.807) is 16.8 Å². The Kier molecular flexibility index (Phi) is 3.46. The summed E-state index contributed by atoms with van der Waals surface area (Å²) in [6, 6.07) is 3.64. The first-order valence-corrected chi connectivity index (χ1v) is 7.37. The molecule has 3 aromatic rings. The van der Waals surface area contributed by atoms with Gasteiger partial charge in [0.15, 0.2) is 0 Å². The third-order valence-electron chi connectivity index (χ3n) is 2.94. The molecule has 0 saturated carbocycles. The first-order chi connectivity index (χ1) is 10.0. The largest absolute Gasteiger partial charge is 0.384 e. The predicted molar refractivity (Wildman–Crippen MR) is 81.0 cm³/mol. The molecule has 21 heavy (non-hydrogen) atoms. The molecule has 3 heterocycles. The minimum absolute atomic E-state index is 0.00677. The number of hydrogen-bond acceptors (Lipinski definition) is 7. The molecular weight excluding hydrogens is 286 g/mol. The lowest BCUT2D eigenvalue weighted by Gasteiger charge is -2.06. The predicted octanol–water partition coefficient (Wildman–Crippen LogP) is 1.97. The molecule has 0 aliphatic carbocycles. The van der Waals surface area contributed by atoms with Crippen molar-refractivity contribution >= 4 is 23.4 Å². The maximum Gasteiger partial charge on any atom is 0.253 e. The van der Waals surface area contributed by atoms with E-state index in [0.717, 1.165) is 11.4 Å². The van der Waals surface area contributed by atoms with Crippen LogP contribution in [0, 0.1) is 13.8 Å². The van der Waals surface area contributed by atoms with E-state index >= 15 is 0 Å². The smallest absolute Gasteiger partial charge is 0.253 e. The molecule has 3 aromatic heterocycles. The summed E-state index contributed by atoms with van der Waals surface area (Å²) in [6.45, 7) is 5.92. The number of fused-ring (bicyclic) bond motifs is 1. The van der Waals surface area contributed by atoms with Gasteiger partial charge in [-0.3, -0.25) is 0 Å². The Morgan fingerprint density at radius 3 is 2.81 bits per heavy atom. The highest BCUT2D eigenvalue weighted by atomic mass is 32.2. The molecule has 1 atom stereocenters. The van der Waals surface area contributed by atoms with Crippen LogP contribution < -0.4 is 5.73 Å². The molecule has 0 amide bonds. The van der Waals surface area contributed by atoms with E-state index in [2.05, 4.69) is 25.0 Å². The fourth-order valence-electron chi connectivity index (χ4n) is 1.99. The van der Waals surface area contributed by atoms with Gasteiger partial charge < -0.3 is 5.73 Å². The van der Waals surface area contributed by atoms with Crippen LogP contribution in [0.15, 0.2) is 23.5 Å². The molecule has 0 unspecified atom stereocenters. The third-order valence-corrected chi connectivity index (χ3v) is 3.89. The molecule has 0 fully saturated rings. The zero-order chi connectivity index (χ0) is 15.0. The molecule has 0 saturated heterocycles. The SMILES string of the molecule is Cc1cc(C)n2nc(S[C@@H](C)c3nccc(N)n3)nc2n1. The van der Waals surface area contributed by atoms with E-state index in [4.69, 9.17) is 5.73 Å². The van der Waals surface area contributed by atoms with Crippen molar-refractivity contribution in [2.24, 2.45) is 0 Å². The first-order valence-electron chi connectivity index (χ1n) is 6.49. The second kappa shape index (κ2) is 5.28. The Bertz CT molecular complexity index is 798. The average Bonchev–Trinajstić information content (AvgIpc) is 2.81. The quantitative estimate of drug-likeness (QED) is 0.739. The van der Waals surface area contributed by atoms with E-state index in [1.807, 2.05) is 26.8 Å². The summed E-state index contributed by atoms with van der Waals surface area (Å²) in [5.41, 5.74) is 7.61. The molecule has 3 rings (SSSR count). The zero-order valence-electron chi connectivity index (χ0n) is 12.0. The highest BCUT2D eigenvalue weighted by molar-refractivity contribution is 7.99. The number of thioether (sulfide) groups is 1. The Labute approximate surface area is 126 Å². The minimum atomic E-state index is 0.00677. The van der Waals surface area contributed by atoms with Crippen LogP contribution in [0.4, 0.5) is 5.82 Å². The molecule has 0 aliphatic rings. The number of anilines is 1. The number of nitrogens with zero attached hydrogens (tertiary/aromatic N) is 6.